The summed E-state index contributed by atoms with van der Waals surface area (Å²) in [5, 5.41) is 0. The Morgan fingerprint density at radius 1 is 1.27 bits per heavy atom. The molecule has 2 fully saturated rings. The first-order valence-electron chi connectivity index (χ1n) is 8.86. The number of nitrogens with zero attached hydrogens (tertiary/aromatic N) is 2. The predicted molar refractivity (Wildman–Crippen MR) is 91.4 cm³/mol. The number of methoxy groups -OCH3 is 1. The van der Waals surface area contributed by atoms with Crippen molar-refractivity contribution < 1.29 is 22.7 Å². The molecule has 3 rings (SSSR count). The van der Waals surface area contributed by atoms with E-state index in [-0.39, 0.29) is 11.3 Å². The van der Waals surface area contributed by atoms with Gasteiger partial charge in [-0.1, -0.05) is 12.1 Å². The van der Waals surface area contributed by atoms with E-state index in [9.17, 15) is 18.0 Å². The number of fused-ring (bicyclic) bond motifs is 1. The van der Waals surface area contributed by atoms with E-state index < -0.39 is 11.7 Å². The van der Waals surface area contributed by atoms with Crippen LogP contribution in [0.2, 0.25) is 0 Å². The van der Waals surface area contributed by atoms with Crippen molar-refractivity contribution in [3.05, 3.63) is 35.4 Å². The minimum absolute atomic E-state index is 0.00291. The normalized spacial score (nSPS) is 26.8. The van der Waals surface area contributed by atoms with E-state index in [1.54, 1.807) is 26.2 Å². The van der Waals surface area contributed by atoms with Gasteiger partial charge in [-0.3, -0.25) is 9.69 Å². The number of benzene rings is 1. The Bertz CT molecular complexity index is 647. The Balaban J connectivity index is 1.66. The highest BCUT2D eigenvalue weighted by Crippen LogP contribution is 2.43. The number of ether oxygens (including phenoxy) is 1. The van der Waals surface area contributed by atoms with Gasteiger partial charge in [0.2, 0.25) is 5.91 Å². The number of alkyl halides is 3. The molecule has 2 aliphatic heterocycles. The van der Waals surface area contributed by atoms with E-state index in [2.05, 4.69) is 4.90 Å². The molecule has 4 nitrogen and oxygen atoms in total. The Hall–Kier alpha value is -1.60. The molecule has 26 heavy (non-hydrogen) atoms. The van der Waals surface area contributed by atoms with Gasteiger partial charge >= 0.3 is 6.18 Å². The Kier molecular flexibility index (Phi) is 5.30. The molecule has 2 saturated heterocycles. The van der Waals surface area contributed by atoms with Crippen molar-refractivity contribution in [2.45, 2.75) is 26.1 Å². The van der Waals surface area contributed by atoms with Gasteiger partial charge in [-0.2, -0.15) is 13.2 Å². The van der Waals surface area contributed by atoms with Crippen LogP contribution < -0.4 is 0 Å². The number of likely N-dealkylation sites (tertiary alicyclic amines) is 2. The van der Waals surface area contributed by atoms with Crippen LogP contribution in [0.4, 0.5) is 13.2 Å². The molecule has 0 aliphatic carbocycles. The third-order valence-corrected chi connectivity index (χ3v) is 5.78. The molecule has 1 aromatic rings. The predicted octanol–water partition coefficient (Wildman–Crippen LogP) is 3.02. The van der Waals surface area contributed by atoms with Gasteiger partial charge in [-0.25, -0.2) is 0 Å². The molecule has 0 aromatic heterocycles. The lowest BCUT2D eigenvalue weighted by atomic mass is 9.73. The fourth-order valence-corrected chi connectivity index (χ4v) is 4.32. The number of amides is 1. The first-order chi connectivity index (χ1) is 12.2. The molecule has 1 amide bonds. The van der Waals surface area contributed by atoms with Crippen LogP contribution in [0.1, 0.15) is 24.5 Å². The molecule has 0 bridgehead atoms. The van der Waals surface area contributed by atoms with E-state index in [1.807, 2.05) is 4.90 Å². The minimum atomic E-state index is -4.30. The number of hydrogen-bond donors (Lipinski definition) is 0. The Morgan fingerprint density at radius 3 is 2.54 bits per heavy atom. The summed E-state index contributed by atoms with van der Waals surface area (Å²) >= 11 is 0. The summed E-state index contributed by atoms with van der Waals surface area (Å²) in [5.74, 6) is 0.415. The zero-order chi connectivity index (χ0) is 18.9. The van der Waals surface area contributed by atoms with Gasteiger partial charge in [0.1, 0.15) is 0 Å². The average molecular weight is 370 g/mol. The number of carbonyl (C=O) groups excluding carboxylic acids is 1. The maximum atomic E-state index is 12.7. The largest absolute Gasteiger partial charge is 0.416 e. The van der Waals surface area contributed by atoms with E-state index in [1.165, 1.54) is 0 Å². The highest BCUT2D eigenvalue weighted by Gasteiger charge is 2.50. The molecule has 7 heteroatoms. The smallest absolute Gasteiger partial charge is 0.384 e. The maximum absolute atomic E-state index is 12.7. The lowest BCUT2D eigenvalue weighted by Gasteiger charge is -2.43. The molecular formula is C19H25F3N2O2. The van der Waals surface area contributed by atoms with Crippen molar-refractivity contribution in [2.75, 3.05) is 39.9 Å². The lowest BCUT2D eigenvalue weighted by molar-refractivity contribution is -0.137. The standard InChI is InChI=1S/C19H25F3N2O2/c1-14(25)24-11-17-10-23(8-7-18(17,12-24)13-26-2)9-15-3-5-16(6-4-15)19(20,21)22/h3-6,17H,7-13H2,1-2H3/t17-,18+/m1/s1. The zero-order valence-corrected chi connectivity index (χ0v) is 15.2. The molecule has 2 atom stereocenters. The van der Waals surface area contributed by atoms with Crippen LogP contribution in [-0.2, 0) is 22.3 Å². The van der Waals surface area contributed by atoms with E-state index in [0.717, 1.165) is 50.3 Å². The van der Waals surface area contributed by atoms with Gasteiger partial charge < -0.3 is 9.64 Å². The SMILES string of the molecule is COC[C@@]12CCN(Cc3ccc(C(F)(F)F)cc3)C[C@@H]1CN(C(C)=O)C2. The monoisotopic (exact) mass is 370 g/mol. The zero-order valence-electron chi connectivity index (χ0n) is 15.2. The fraction of sp³-hybridized carbons (Fsp3) is 0.632. The van der Waals surface area contributed by atoms with Gasteiger partial charge in [-0.05, 0) is 36.6 Å². The van der Waals surface area contributed by atoms with Gasteiger partial charge in [-0.15, -0.1) is 0 Å². The topological polar surface area (TPSA) is 32.8 Å². The average Bonchev–Trinajstić information content (AvgIpc) is 2.94. The second-order valence-corrected chi connectivity index (χ2v) is 7.57. The summed E-state index contributed by atoms with van der Waals surface area (Å²) in [5.41, 5.74) is 0.252. The Labute approximate surface area is 151 Å². The number of hydrogen-bond acceptors (Lipinski definition) is 3. The molecule has 0 spiro atoms. The molecule has 1 aromatic carbocycles. The maximum Gasteiger partial charge on any atom is 0.416 e. The van der Waals surface area contributed by atoms with Crippen LogP contribution in [-0.4, -0.2) is 55.6 Å². The Morgan fingerprint density at radius 2 is 1.96 bits per heavy atom. The van der Waals surface area contributed by atoms with Gasteiger partial charge in [0.15, 0.2) is 0 Å². The second-order valence-electron chi connectivity index (χ2n) is 7.57. The van der Waals surface area contributed by atoms with Gasteiger partial charge in [0, 0.05) is 45.6 Å². The van der Waals surface area contributed by atoms with Crippen LogP contribution in [0.5, 0.6) is 0 Å². The lowest BCUT2D eigenvalue weighted by Crippen LogP contribution is -2.48. The van der Waals surface area contributed by atoms with Crippen molar-refractivity contribution >= 4 is 5.91 Å². The number of carbonyl (C=O) groups is 1. The van der Waals surface area contributed by atoms with Crippen molar-refractivity contribution in [3.63, 3.8) is 0 Å². The van der Waals surface area contributed by atoms with E-state index in [4.69, 9.17) is 4.74 Å². The van der Waals surface area contributed by atoms with E-state index >= 15 is 0 Å². The summed E-state index contributed by atoms with van der Waals surface area (Å²) in [6, 6.07) is 5.38. The molecule has 0 radical (unpaired) electrons. The summed E-state index contributed by atoms with van der Waals surface area (Å²) in [6.07, 6.45) is -3.38. The van der Waals surface area contributed by atoms with Crippen LogP contribution in [0, 0.1) is 11.3 Å². The van der Waals surface area contributed by atoms with Crippen LogP contribution >= 0.6 is 0 Å². The van der Waals surface area contributed by atoms with Gasteiger partial charge in [0.05, 0.1) is 12.2 Å². The minimum Gasteiger partial charge on any atom is -0.384 e. The van der Waals surface area contributed by atoms with E-state index in [0.29, 0.717) is 19.1 Å². The molecule has 2 aliphatic rings. The summed E-state index contributed by atoms with van der Waals surface area (Å²) in [4.78, 5) is 16.0. The van der Waals surface area contributed by atoms with Crippen molar-refractivity contribution in [1.82, 2.24) is 9.80 Å². The van der Waals surface area contributed by atoms with Crippen molar-refractivity contribution in [3.8, 4) is 0 Å². The highest BCUT2D eigenvalue weighted by atomic mass is 19.4. The molecule has 2 heterocycles. The van der Waals surface area contributed by atoms with Gasteiger partial charge in [0.25, 0.3) is 0 Å². The third kappa shape index (κ3) is 3.88. The van der Waals surface area contributed by atoms with Crippen molar-refractivity contribution in [1.29, 1.82) is 0 Å². The first-order valence-corrected chi connectivity index (χ1v) is 8.86. The van der Waals surface area contributed by atoms with Crippen LogP contribution in [0.25, 0.3) is 0 Å². The van der Waals surface area contributed by atoms with Crippen LogP contribution in [0.15, 0.2) is 24.3 Å². The number of halogens is 3. The number of rotatable bonds is 4. The summed E-state index contributed by atoms with van der Waals surface area (Å²) in [6.45, 7) is 5.99. The molecule has 144 valence electrons. The number of piperidine rings is 1. The molecule has 0 unspecified atom stereocenters. The molecular weight excluding hydrogens is 345 g/mol. The summed E-state index contributed by atoms with van der Waals surface area (Å²) < 4.78 is 43.5. The first kappa shape index (κ1) is 19.2. The summed E-state index contributed by atoms with van der Waals surface area (Å²) in [7, 11) is 1.69. The molecule has 0 N–H and O–H groups in total. The third-order valence-electron chi connectivity index (χ3n) is 5.78. The molecule has 0 saturated carbocycles. The van der Waals surface area contributed by atoms with Crippen LogP contribution in [0.3, 0.4) is 0 Å². The second kappa shape index (κ2) is 7.19. The fourth-order valence-electron chi connectivity index (χ4n) is 4.32. The van der Waals surface area contributed by atoms with Crippen molar-refractivity contribution in [2.24, 2.45) is 11.3 Å². The highest BCUT2D eigenvalue weighted by molar-refractivity contribution is 5.73. The quantitative estimate of drug-likeness (QED) is 0.817.